The number of hydrogen-bond donors (Lipinski definition) is 2. The lowest BCUT2D eigenvalue weighted by Gasteiger charge is -2.14. The third kappa shape index (κ3) is 37.2. The third-order valence-electron chi connectivity index (χ3n) is 7.74. The first-order valence-electron chi connectivity index (χ1n) is 19.4. The summed E-state index contributed by atoms with van der Waals surface area (Å²) in [5.74, 6) is -1.39. The summed E-state index contributed by atoms with van der Waals surface area (Å²) in [7, 11) is 0. The van der Waals surface area contributed by atoms with Crippen LogP contribution in [0.15, 0.2) is 97.2 Å². The number of esters is 1. The van der Waals surface area contributed by atoms with Crippen LogP contribution in [0.4, 0.5) is 0 Å². The lowest BCUT2D eigenvalue weighted by Crippen LogP contribution is -2.28. The fourth-order valence-corrected chi connectivity index (χ4v) is 4.90. The monoisotopic (exact) mass is 692 g/mol. The predicted octanol–water partition coefficient (Wildman–Crippen LogP) is 11.8. The Morgan fingerprint density at radius 3 is 1.62 bits per heavy atom. The molecule has 0 rings (SSSR count). The van der Waals surface area contributed by atoms with Gasteiger partial charge in [0.15, 0.2) is 0 Å². The van der Waals surface area contributed by atoms with Crippen LogP contribution in [0.5, 0.6) is 0 Å². The molecule has 1 unspecified atom stereocenters. The van der Waals surface area contributed by atoms with Gasteiger partial charge in [-0.25, -0.2) is 0 Å². The molecule has 6 heteroatoms. The van der Waals surface area contributed by atoms with E-state index >= 15 is 0 Å². The Labute approximate surface area is 305 Å². The minimum Gasteiger partial charge on any atom is -0.480 e. The van der Waals surface area contributed by atoms with Gasteiger partial charge in [0.25, 0.3) is 0 Å². The first-order valence-corrected chi connectivity index (χ1v) is 19.4. The van der Waals surface area contributed by atoms with Crippen molar-refractivity contribution in [3.05, 3.63) is 97.2 Å². The molecule has 0 aliphatic heterocycles. The van der Waals surface area contributed by atoms with E-state index in [9.17, 15) is 14.4 Å². The Kier molecular flexibility index (Phi) is 35.3. The molecular weight excluding hydrogens is 622 g/mol. The average molecular weight is 692 g/mol. The maximum absolute atomic E-state index is 12.6. The molecule has 50 heavy (non-hydrogen) atoms. The molecule has 1 atom stereocenters. The molecule has 6 nitrogen and oxygen atoms in total. The second kappa shape index (κ2) is 38.1. The zero-order chi connectivity index (χ0) is 36.6. The van der Waals surface area contributed by atoms with Crippen LogP contribution in [0.25, 0.3) is 0 Å². The number of carbonyl (C=O) groups excluding carboxylic acids is 2. The van der Waals surface area contributed by atoms with E-state index in [-0.39, 0.29) is 24.5 Å². The Bertz CT molecular complexity index is 1080. The van der Waals surface area contributed by atoms with Gasteiger partial charge in [-0.15, -0.1) is 0 Å². The van der Waals surface area contributed by atoms with Gasteiger partial charge in [-0.05, 0) is 89.5 Å². The lowest BCUT2D eigenvalue weighted by atomic mass is 10.1. The Morgan fingerprint density at radius 1 is 0.560 bits per heavy atom. The van der Waals surface area contributed by atoms with Crippen LogP contribution in [0.3, 0.4) is 0 Å². The standard InChI is InChI=1S/C44H69NO5/c1-3-5-7-9-11-13-14-15-16-17-18-19-20-21-22-23-25-31-35-39-44(49)50-41(36-32-28-24-12-10-8-6-4-2)37-33-29-26-27-30-34-38-42(46)45-40-43(47)48/h5,7,11-13,15-16,18-19,21-22,24-25,31-32,36,41H,3-4,6,8-10,14,17,20,23,26-30,33-35,37-40H2,1-2H3,(H,45,46)(H,47,48)/b7-5-,13-11-,16-15-,19-18-,22-21-,24-12-,31-25-,36-32-. The molecule has 0 spiro atoms. The molecule has 280 valence electrons. The molecule has 0 saturated heterocycles. The van der Waals surface area contributed by atoms with Crippen molar-refractivity contribution in [2.45, 2.75) is 155 Å². The average Bonchev–Trinajstić information content (AvgIpc) is 3.10. The largest absolute Gasteiger partial charge is 0.480 e. The van der Waals surface area contributed by atoms with Crippen molar-refractivity contribution in [2.24, 2.45) is 0 Å². The number of rotatable bonds is 33. The summed E-state index contributed by atoms with van der Waals surface area (Å²) in [4.78, 5) is 34.8. The molecule has 0 aromatic carbocycles. The highest BCUT2D eigenvalue weighted by atomic mass is 16.5. The first-order chi connectivity index (χ1) is 24.5. The Hall–Kier alpha value is -3.67. The summed E-state index contributed by atoms with van der Waals surface area (Å²) >= 11 is 0. The van der Waals surface area contributed by atoms with Crippen LogP contribution in [0.2, 0.25) is 0 Å². The highest BCUT2D eigenvalue weighted by molar-refractivity contribution is 5.80. The molecule has 1 amide bonds. The summed E-state index contributed by atoms with van der Waals surface area (Å²) in [6.45, 7) is 4.04. The molecule has 0 aliphatic carbocycles. The minimum absolute atomic E-state index is 0.157. The summed E-state index contributed by atoms with van der Waals surface area (Å²) in [6.07, 6.45) is 54.0. The van der Waals surface area contributed by atoms with E-state index in [4.69, 9.17) is 9.84 Å². The number of nitrogens with one attached hydrogen (secondary N) is 1. The van der Waals surface area contributed by atoms with Gasteiger partial charge in [-0.1, -0.05) is 144 Å². The number of unbranched alkanes of at least 4 members (excludes halogenated alkanes) is 8. The van der Waals surface area contributed by atoms with E-state index in [1.807, 2.05) is 6.08 Å². The lowest BCUT2D eigenvalue weighted by molar-refractivity contribution is -0.147. The van der Waals surface area contributed by atoms with E-state index in [1.165, 1.54) is 19.3 Å². The number of hydrogen-bond acceptors (Lipinski definition) is 4. The van der Waals surface area contributed by atoms with Crippen LogP contribution < -0.4 is 5.32 Å². The molecule has 0 aromatic heterocycles. The van der Waals surface area contributed by atoms with Gasteiger partial charge < -0.3 is 15.2 Å². The van der Waals surface area contributed by atoms with Gasteiger partial charge in [0.2, 0.25) is 5.91 Å². The van der Waals surface area contributed by atoms with Crippen molar-refractivity contribution in [3.8, 4) is 0 Å². The maximum atomic E-state index is 12.6. The Morgan fingerprint density at radius 2 is 1.06 bits per heavy atom. The van der Waals surface area contributed by atoms with E-state index < -0.39 is 5.97 Å². The number of carboxylic acids is 1. The van der Waals surface area contributed by atoms with E-state index in [0.29, 0.717) is 19.3 Å². The summed E-state index contributed by atoms with van der Waals surface area (Å²) < 4.78 is 5.86. The fourth-order valence-electron chi connectivity index (χ4n) is 4.90. The smallest absolute Gasteiger partial charge is 0.322 e. The number of carbonyl (C=O) groups is 3. The molecule has 0 aromatic rings. The molecular formula is C44H69NO5. The van der Waals surface area contributed by atoms with Gasteiger partial charge >= 0.3 is 11.9 Å². The van der Waals surface area contributed by atoms with Gasteiger partial charge in [0.1, 0.15) is 12.6 Å². The van der Waals surface area contributed by atoms with Crippen molar-refractivity contribution in [1.29, 1.82) is 0 Å². The first kappa shape index (κ1) is 46.3. The van der Waals surface area contributed by atoms with E-state index in [1.54, 1.807) is 0 Å². The summed E-state index contributed by atoms with van der Waals surface area (Å²) in [6, 6.07) is 0. The van der Waals surface area contributed by atoms with Crippen molar-refractivity contribution < 1.29 is 24.2 Å². The van der Waals surface area contributed by atoms with Crippen LogP contribution in [-0.2, 0) is 19.1 Å². The van der Waals surface area contributed by atoms with E-state index in [0.717, 1.165) is 96.3 Å². The number of aliphatic carboxylic acids is 1. The molecule has 0 heterocycles. The predicted molar refractivity (Wildman–Crippen MR) is 212 cm³/mol. The normalized spacial score (nSPS) is 13.2. The van der Waals surface area contributed by atoms with Crippen molar-refractivity contribution in [3.63, 3.8) is 0 Å². The molecule has 0 radical (unpaired) electrons. The van der Waals surface area contributed by atoms with Crippen molar-refractivity contribution in [1.82, 2.24) is 5.32 Å². The molecule has 0 aliphatic rings. The van der Waals surface area contributed by atoms with Crippen LogP contribution >= 0.6 is 0 Å². The minimum atomic E-state index is -1.03. The molecule has 2 N–H and O–H groups in total. The number of ether oxygens (including phenoxy) is 1. The van der Waals surface area contributed by atoms with Crippen molar-refractivity contribution >= 4 is 17.8 Å². The quantitative estimate of drug-likeness (QED) is 0.0406. The third-order valence-corrected chi connectivity index (χ3v) is 7.74. The molecule has 0 bridgehead atoms. The summed E-state index contributed by atoms with van der Waals surface area (Å²) in [5, 5.41) is 11.0. The molecule has 0 saturated carbocycles. The number of carboxylic acid groups (broad SMARTS) is 1. The fraction of sp³-hybridized carbons (Fsp3) is 0.568. The van der Waals surface area contributed by atoms with Crippen LogP contribution in [0.1, 0.15) is 149 Å². The number of amides is 1. The zero-order valence-electron chi connectivity index (χ0n) is 31.5. The van der Waals surface area contributed by atoms with Gasteiger partial charge in [-0.3, -0.25) is 14.4 Å². The topological polar surface area (TPSA) is 92.7 Å². The molecule has 0 fully saturated rings. The second-order valence-corrected chi connectivity index (χ2v) is 12.4. The Balaban J connectivity index is 4.33. The highest BCUT2D eigenvalue weighted by Gasteiger charge is 2.11. The van der Waals surface area contributed by atoms with Crippen LogP contribution in [0, 0.1) is 0 Å². The van der Waals surface area contributed by atoms with Gasteiger partial charge in [0, 0.05) is 12.8 Å². The summed E-state index contributed by atoms with van der Waals surface area (Å²) in [5.41, 5.74) is 0. The van der Waals surface area contributed by atoms with Crippen LogP contribution in [-0.4, -0.2) is 35.6 Å². The second-order valence-electron chi connectivity index (χ2n) is 12.4. The zero-order valence-corrected chi connectivity index (χ0v) is 31.5. The van der Waals surface area contributed by atoms with E-state index in [2.05, 4.69) is 110 Å². The van der Waals surface area contributed by atoms with Gasteiger partial charge in [-0.2, -0.15) is 0 Å². The maximum Gasteiger partial charge on any atom is 0.322 e. The SMILES string of the molecule is CC/C=C\C/C=C\C/C=C\C/C=C\C/C=C\C/C=C\CCC(=O)OC(/C=C\C/C=C\CCCCC)CCCCCCCCC(=O)NCC(=O)O. The highest BCUT2D eigenvalue weighted by Crippen LogP contribution is 2.14. The van der Waals surface area contributed by atoms with Gasteiger partial charge in [0.05, 0.1) is 0 Å². The number of allylic oxidation sites excluding steroid dienone is 15. The van der Waals surface area contributed by atoms with Crippen molar-refractivity contribution in [2.75, 3.05) is 6.54 Å².